The molecule has 26 heavy (non-hydrogen) atoms. The molecule has 0 spiro atoms. The van der Waals surface area contributed by atoms with Crippen LogP contribution in [-0.4, -0.2) is 62.7 Å². The highest BCUT2D eigenvalue weighted by molar-refractivity contribution is 7.89. The second-order valence-corrected chi connectivity index (χ2v) is 8.61. The highest BCUT2D eigenvalue weighted by atomic mass is 32.2. The third-order valence-electron chi connectivity index (χ3n) is 4.36. The average molecular weight is 379 g/mol. The highest BCUT2D eigenvalue weighted by Gasteiger charge is 2.34. The van der Waals surface area contributed by atoms with E-state index < -0.39 is 10.0 Å². The number of hydrogen-bond donors (Lipinski definition) is 1. The summed E-state index contributed by atoms with van der Waals surface area (Å²) in [6.07, 6.45) is 2.94. The van der Waals surface area contributed by atoms with Crippen LogP contribution in [0, 0.1) is 5.92 Å². The number of nitrogens with zero attached hydrogens (tertiary/aromatic N) is 2. The summed E-state index contributed by atoms with van der Waals surface area (Å²) in [7, 11) is -0.370. The fourth-order valence-electron chi connectivity index (χ4n) is 2.74. The molecule has 1 N–H and O–H groups in total. The standard InChI is InChI=1S/C17H21N3O5S/c1-20(2)26(22,23)10-14-8-24-9-15(14)19-17(21)13-5-3-12(4-6-13)16-7-18-11-25-16/h3-7,11,14-15H,8-10H2,1-2H3,(H,19,21)/t14-,15+/m0/s1. The maximum Gasteiger partial charge on any atom is 0.251 e. The van der Waals surface area contributed by atoms with Gasteiger partial charge < -0.3 is 14.5 Å². The first kappa shape index (κ1) is 18.6. The Morgan fingerprint density at radius 1 is 1.27 bits per heavy atom. The van der Waals surface area contributed by atoms with E-state index in [1.165, 1.54) is 24.8 Å². The van der Waals surface area contributed by atoms with Gasteiger partial charge in [0, 0.05) is 31.1 Å². The molecular formula is C17H21N3O5S. The number of carbonyl (C=O) groups excluding carboxylic acids is 1. The van der Waals surface area contributed by atoms with Crippen molar-refractivity contribution < 1.29 is 22.4 Å². The molecule has 1 aromatic carbocycles. The van der Waals surface area contributed by atoms with Gasteiger partial charge in [0.25, 0.3) is 5.91 Å². The fourth-order valence-corrected chi connectivity index (χ4v) is 3.91. The highest BCUT2D eigenvalue weighted by Crippen LogP contribution is 2.20. The number of aromatic nitrogens is 1. The molecule has 0 aliphatic carbocycles. The molecule has 2 heterocycles. The molecule has 0 unspecified atom stereocenters. The lowest BCUT2D eigenvalue weighted by atomic mass is 10.0. The van der Waals surface area contributed by atoms with Crippen LogP contribution in [0.4, 0.5) is 0 Å². The first-order valence-electron chi connectivity index (χ1n) is 8.14. The molecule has 8 nitrogen and oxygen atoms in total. The fraction of sp³-hybridized carbons (Fsp3) is 0.412. The van der Waals surface area contributed by atoms with E-state index in [1.54, 1.807) is 30.5 Å². The van der Waals surface area contributed by atoms with Gasteiger partial charge in [-0.3, -0.25) is 4.79 Å². The molecule has 0 bridgehead atoms. The third kappa shape index (κ3) is 4.12. The van der Waals surface area contributed by atoms with Crippen molar-refractivity contribution in [2.45, 2.75) is 6.04 Å². The third-order valence-corrected chi connectivity index (χ3v) is 6.32. The maximum atomic E-state index is 12.5. The number of carbonyl (C=O) groups is 1. The van der Waals surface area contributed by atoms with Gasteiger partial charge in [-0.1, -0.05) is 12.1 Å². The molecular weight excluding hydrogens is 358 g/mol. The number of ether oxygens (including phenoxy) is 1. The smallest absolute Gasteiger partial charge is 0.251 e. The van der Waals surface area contributed by atoms with Gasteiger partial charge in [0.05, 0.1) is 31.2 Å². The minimum atomic E-state index is -3.36. The number of hydrogen-bond acceptors (Lipinski definition) is 6. The van der Waals surface area contributed by atoms with E-state index in [2.05, 4.69) is 10.3 Å². The summed E-state index contributed by atoms with van der Waals surface area (Å²) >= 11 is 0. The predicted octanol–water partition coefficient (Wildman–Crippen LogP) is 0.978. The Morgan fingerprint density at radius 3 is 2.62 bits per heavy atom. The molecule has 140 valence electrons. The van der Waals surface area contributed by atoms with E-state index in [9.17, 15) is 13.2 Å². The van der Waals surface area contributed by atoms with E-state index in [0.29, 0.717) is 24.5 Å². The van der Waals surface area contributed by atoms with Gasteiger partial charge in [0.2, 0.25) is 10.0 Å². The zero-order valence-electron chi connectivity index (χ0n) is 14.6. The number of oxazole rings is 1. The topological polar surface area (TPSA) is 102 Å². The first-order chi connectivity index (χ1) is 12.4. The summed E-state index contributed by atoms with van der Waals surface area (Å²) in [4.78, 5) is 16.3. The SMILES string of the molecule is CN(C)S(=O)(=O)C[C@@H]1COC[C@H]1NC(=O)c1ccc(-c2cnco2)cc1. The van der Waals surface area contributed by atoms with E-state index in [4.69, 9.17) is 9.15 Å². The molecule has 2 aromatic rings. The van der Waals surface area contributed by atoms with Gasteiger partial charge >= 0.3 is 0 Å². The number of nitrogens with one attached hydrogen (secondary N) is 1. The van der Waals surface area contributed by atoms with Crippen LogP contribution in [0.15, 0.2) is 41.3 Å². The van der Waals surface area contributed by atoms with E-state index in [0.717, 1.165) is 5.56 Å². The van der Waals surface area contributed by atoms with Crippen molar-refractivity contribution in [3.63, 3.8) is 0 Å². The number of amides is 1. The predicted molar refractivity (Wildman–Crippen MR) is 95.0 cm³/mol. The van der Waals surface area contributed by atoms with Crippen molar-refractivity contribution in [1.82, 2.24) is 14.6 Å². The van der Waals surface area contributed by atoms with Crippen molar-refractivity contribution >= 4 is 15.9 Å². The van der Waals surface area contributed by atoms with Crippen LogP contribution < -0.4 is 5.32 Å². The lowest BCUT2D eigenvalue weighted by molar-refractivity contribution is 0.0926. The van der Waals surface area contributed by atoms with Crippen molar-refractivity contribution in [3.05, 3.63) is 42.4 Å². The summed E-state index contributed by atoms with van der Waals surface area (Å²) in [5.74, 6) is 0.0156. The lowest BCUT2D eigenvalue weighted by Gasteiger charge is -2.21. The molecule has 0 radical (unpaired) electrons. The summed E-state index contributed by atoms with van der Waals surface area (Å²) in [6, 6.07) is 6.58. The van der Waals surface area contributed by atoms with E-state index >= 15 is 0 Å². The Hall–Kier alpha value is -2.23. The van der Waals surface area contributed by atoms with Crippen LogP contribution in [-0.2, 0) is 14.8 Å². The number of rotatable bonds is 6. The van der Waals surface area contributed by atoms with Crippen LogP contribution in [0.1, 0.15) is 10.4 Å². The Morgan fingerprint density at radius 2 is 2.00 bits per heavy atom. The Bertz CT molecular complexity index is 847. The summed E-state index contributed by atoms with van der Waals surface area (Å²) < 4.78 is 36.0. The number of benzene rings is 1. The maximum absolute atomic E-state index is 12.5. The minimum Gasteiger partial charge on any atom is -0.444 e. The van der Waals surface area contributed by atoms with Crippen molar-refractivity contribution in [2.75, 3.05) is 33.1 Å². The minimum absolute atomic E-state index is 0.0601. The molecule has 2 atom stereocenters. The van der Waals surface area contributed by atoms with Gasteiger partial charge in [-0.2, -0.15) is 0 Å². The van der Waals surface area contributed by atoms with Crippen LogP contribution in [0.3, 0.4) is 0 Å². The van der Waals surface area contributed by atoms with Crippen LogP contribution in [0.2, 0.25) is 0 Å². The molecule has 3 rings (SSSR count). The second-order valence-electron chi connectivity index (χ2n) is 6.38. The van der Waals surface area contributed by atoms with Crippen LogP contribution in [0.25, 0.3) is 11.3 Å². The monoisotopic (exact) mass is 379 g/mol. The molecule has 9 heteroatoms. The quantitative estimate of drug-likeness (QED) is 0.803. The lowest BCUT2D eigenvalue weighted by Crippen LogP contribution is -2.43. The molecule has 1 aliphatic rings. The Kier molecular flexibility index (Phi) is 5.40. The van der Waals surface area contributed by atoms with Crippen molar-refractivity contribution in [2.24, 2.45) is 5.92 Å². The van der Waals surface area contributed by atoms with Gasteiger partial charge in [-0.25, -0.2) is 17.7 Å². The number of sulfonamides is 1. The van der Waals surface area contributed by atoms with Gasteiger partial charge in [0.15, 0.2) is 12.2 Å². The molecule has 1 aliphatic heterocycles. The summed E-state index contributed by atoms with van der Waals surface area (Å²) in [5, 5.41) is 2.88. The summed E-state index contributed by atoms with van der Waals surface area (Å²) in [6.45, 7) is 0.609. The van der Waals surface area contributed by atoms with Gasteiger partial charge in [-0.05, 0) is 12.1 Å². The molecule has 1 aromatic heterocycles. The largest absolute Gasteiger partial charge is 0.444 e. The van der Waals surface area contributed by atoms with Gasteiger partial charge in [-0.15, -0.1) is 0 Å². The molecule has 1 saturated heterocycles. The van der Waals surface area contributed by atoms with Crippen LogP contribution >= 0.6 is 0 Å². The Labute approximate surface area is 152 Å². The first-order valence-corrected chi connectivity index (χ1v) is 9.75. The van der Waals surface area contributed by atoms with Crippen molar-refractivity contribution in [1.29, 1.82) is 0 Å². The average Bonchev–Trinajstić information content (AvgIpc) is 3.27. The summed E-state index contributed by atoms with van der Waals surface area (Å²) in [5.41, 5.74) is 1.30. The zero-order valence-corrected chi connectivity index (χ0v) is 15.4. The molecule has 1 fully saturated rings. The Balaban J connectivity index is 1.65. The van der Waals surface area contributed by atoms with Crippen molar-refractivity contribution in [3.8, 4) is 11.3 Å². The second kappa shape index (κ2) is 7.56. The molecule has 0 saturated carbocycles. The molecule has 1 amide bonds. The van der Waals surface area contributed by atoms with Crippen LogP contribution in [0.5, 0.6) is 0 Å². The van der Waals surface area contributed by atoms with Gasteiger partial charge in [0.1, 0.15) is 0 Å². The van der Waals surface area contributed by atoms with E-state index in [1.807, 2.05) is 0 Å². The van der Waals surface area contributed by atoms with E-state index in [-0.39, 0.29) is 23.6 Å². The zero-order chi connectivity index (χ0) is 18.7. The normalized spacial score (nSPS) is 20.4.